The summed E-state index contributed by atoms with van der Waals surface area (Å²) in [7, 11) is 0. The summed E-state index contributed by atoms with van der Waals surface area (Å²) in [5.74, 6) is 1.05. The van der Waals surface area contributed by atoms with Crippen molar-refractivity contribution in [1.82, 2.24) is 29.3 Å². The molecule has 0 saturated carbocycles. The number of ether oxygens (including phenoxy) is 1. The summed E-state index contributed by atoms with van der Waals surface area (Å²) < 4.78 is 9.74. The number of fused-ring (bicyclic) bond motifs is 1. The molecule has 1 saturated heterocycles. The minimum Gasteiger partial charge on any atom is -0.390 e. The van der Waals surface area contributed by atoms with Crippen molar-refractivity contribution < 1.29 is 9.84 Å². The molecule has 0 aromatic carbocycles. The lowest BCUT2D eigenvalue weighted by molar-refractivity contribution is 0.0555. The molecular formula is C24H27N7O2S. The van der Waals surface area contributed by atoms with Gasteiger partial charge in [-0.25, -0.2) is 19.6 Å². The number of hydrogen-bond donors (Lipinski definition) is 2. The van der Waals surface area contributed by atoms with Crippen LogP contribution in [-0.4, -0.2) is 47.6 Å². The second-order valence-corrected chi connectivity index (χ2v) is 9.71. The summed E-state index contributed by atoms with van der Waals surface area (Å²) in [5.41, 5.74) is 6.33. The number of thiazole rings is 1. The third-order valence-electron chi connectivity index (χ3n) is 6.50. The molecule has 0 spiro atoms. The van der Waals surface area contributed by atoms with Gasteiger partial charge in [-0.05, 0) is 51.2 Å². The van der Waals surface area contributed by atoms with Gasteiger partial charge in [0, 0.05) is 23.7 Å². The van der Waals surface area contributed by atoms with Gasteiger partial charge in [0.1, 0.15) is 11.5 Å². The first-order valence-electron chi connectivity index (χ1n) is 11.7. The molecule has 4 aromatic rings. The van der Waals surface area contributed by atoms with Gasteiger partial charge in [-0.15, -0.1) is 11.3 Å². The third kappa shape index (κ3) is 3.91. The summed E-state index contributed by atoms with van der Waals surface area (Å²) in [5, 5.41) is 21.3. The highest BCUT2D eigenvalue weighted by molar-refractivity contribution is 7.14. The zero-order valence-electron chi connectivity index (χ0n) is 19.1. The number of aliphatic hydroxyl groups excluding tert-OH is 1. The highest BCUT2D eigenvalue weighted by Crippen LogP contribution is 2.36. The molecule has 1 atom stereocenters. The van der Waals surface area contributed by atoms with Crippen LogP contribution in [0.2, 0.25) is 0 Å². The number of aryl methyl sites for hydroxylation is 2. The average molecular weight is 478 g/mol. The lowest BCUT2D eigenvalue weighted by atomic mass is 10.1. The molecule has 1 unspecified atom stereocenters. The molecule has 4 aromatic heterocycles. The van der Waals surface area contributed by atoms with Gasteiger partial charge in [0.15, 0.2) is 5.13 Å². The van der Waals surface area contributed by atoms with E-state index in [4.69, 9.17) is 14.8 Å². The number of nitrogens with zero attached hydrogens (tertiary/aromatic N) is 6. The van der Waals surface area contributed by atoms with Gasteiger partial charge in [0.25, 0.3) is 0 Å². The molecule has 5 heterocycles. The van der Waals surface area contributed by atoms with Gasteiger partial charge in [0.2, 0.25) is 0 Å². The number of imidazole rings is 1. The van der Waals surface area contributed by atoms with E-state index in [1.54, 1.807) is 17.7 Å². The summed E-state index contributed by atoms with van der Waals surface area (Å²) in [6.07, 6.45) is 9.01. The molecule has 34 heavy (non-hydrogen) atoms. The van der Waals surface area contributed by atoms with E-state index >= 15 is 0 Å². The van der Waals surface area contributed by atoms with Crippen molar-refractivity contribution in [3.05, 3.63) is 52.7 Å². The monoisotopic (exact) mass is 477 g/mol. The van der Waals surface area contributed by atoms with Crippen molar-refractivity contribution in [3.8, 4) is 17.1 Å². The van der Waals surface area contributed by atoms with E-state index in [2.05, 4.69) is 20.0 Å². The highest BCUT2D eigenvalue weighted by Gasteiger charge is 2.28. The van der Waals surface area contributed by atoms with Crippen LogP contribution in [0.5, 0.6) is 0 Å². The fourth-order valence-electron chi connectivity index (χ4n) is 4.82. The van der Waals surface area contributed by atoms with Crippen molar-refractivity contribution in [1.29, 1.82) is 0 Å². The molecule has 2 N–H and O–H groups in total. The molecule has 1 aliphatic heterocycles. The molecule has 10 heteroatoms. The van der Waals surface area contributed by atoms with Crippen LogP contribution in [0.4, 0.5) is 10.9 Å². The SMILES string of the molecule is Cc1cn(-c2ccc(-c3csc(Nc4c5c(nn4C4CCCOC4)CCC5)n3)nc2CO)cn1. The van der Waals surface area contributed by atoms with Crippen molar-refractivity contribution in [2.75, 3.05) is 18.5 Å². The lowest BCUT2D eigenvalue weighted by Crippen LogP contribution is -2.23. The molecule has 9 nitrogen and oxygen atoms in total. The average Bonchev–Trinajstić information content (AvgIpc) is 3.65. The minimum atomic E-state index is -0.162. The first kappa shape index (κ1) is 21.5. The van der Waals surface area contributed by atoms with E-state index in [0.717, 1.165) is 72.4 Å². The van der Waals surface area contributed by atoms with E-state index in [-0.39, 0.29) is 12.6 Å². The second-order valence-electron chi connectivity index (χ2n) is 8.85. The Balaban J connectivity index is 1.28. The first-order valence-corrected chi connectivity index (χ1v) is 12.6. The molecule has 0 bridgehead atoms. The first-order chi connectivity index (χ1) is 16.7. The normalized spacial score (nSPS) is 17.8. The molecule has 0 radical (unpaired) electrons. The Kier molecular flexibility index (Phi) is 5.64. The standard InChI is InChI=1S/C24H27N7O2S/c1-15-10-30(14-25-15)22-8-7-19(26-20(22)11-32)21-13-34-24(27-21)28-23-17-5-2-6-18(17)29-31(23)16-4-3-9-33-12-16/h7-8,10,13-14,16,32H,2-6,9,11-12H2,1H3,(H,27,28). The molecule has 176 valence electrons. The van der Waals surface area contributed by atoms with Gasteiger partial charge >= 0.3 is 0 Å². The summed E-state index contributed by atoms with van der Waals surface area (Å²) in [6.45, 7) is 3.31. The molecule has 2 aliphatic rings. The predicted molar refractivity (Wildman–Crippen MR) is 130 cm³/mol. The van der Waals surface area contributed by atoms with Gasteiger partial charge in [0.05, 0.1) is 54.0 Å². The number of hydrogen-bond acceptors (Lipinski definition) is 8. The Morgan fingerprint density at radius 3 is 2.94 bits per heavy atom. The fraction of sp³-hybridized carbons (Fsp3) is 0.417. The predicted octanol–water partition coefficient (Wildman–Crippen LogP) is 3.97. The Morgan fingerprint density at radius 2 is 2.15 bits per heavy atom. The number of nitrogens with one attached hydrogen (secondary N) is 1. The van der Waals surface area contributed by atoms with Crippen LogP contribution >= 0.6 is 11.3 Å². The van der Waals surface area contributed by atoms with Crippen molar-refractivity contribution >= 4 is 22.3 Å². The quantitative estimate of drug-likeness (QED) is 0.433. The summed E-state index contributed by atoms with van der Waals surface area (Å²) >= 11 is 1.55. The van der Waals surface area contributed by atoms with Crippen molar-refractivity contribution in [2.45, 2.75) is 51.7 Å². The number of anilines is 2. The van der Waals surface area contributed by atoms with Crippen molar-refractivity contribution in [2.24, 2.45) is 0 Å². The molecular weight excluding hydrogens is 450 g/mol. The fourth-order valence-corrected chi connectivity index (χ4v) is 5.52. The third-order valence-corrected chi connectivity index (χ3v) is 7.25. The van der Waals surface area contributed by atoms with Crippen LogP contribution < -0.4 is 5.32 Å². The van der Waals surface area contributed by atoms with Gasteiger partial charge in [-0.1, -0.05) is 0 Å². The van der Waals surface area contributed by atoms with Crippen molar-refractivity contribution in [3.63, 3.8) is 0 Å². The topological polar surface area (TPSA) is 103 Å². The van der Waals surface area contributed by atoms with Crippen LogP contribution in [0.3, 0.4) is 0 Å². The van der Waals surface area contributed by atoms with E-state index < -0.39 is 0 Å². The zero-order chi connectivity index (χ0) is 23.1. The van der Waals surface area contributed by atoms with Gasteiger partial charge in [-0.3, -0.25) is 0 Å². The molecule has 0 amide bonds. The van der Waals surface area contributed by atoms with E-state index in [9.17, 15) is 5.11 Å². The van der Waals surface area contributed by atoms with Crippen LogP contribution in [-0.2, 0) is 24.2 Å². The Morgan fingerprint density at radius 1 is 1.21 bits per heavy atom. The minimum absolute atomic E-state index is 0.162. The van der Waals surface area contributed by atoms with E-state index in [1.807, 2.05) is 35.2 Å². The number of aromatic nitrogens is 6. The molecule has 1 aliphatic carbocycles. The molecule has 6 rings (SSSR count). The summed E-state index contributed by atoms with van der Waals surface area (Å²) in [6, 6.07) is 4.14. The van der Waals surface area contributed by atoms with Crippen LogP contribution in [0, 0.1) is 6.92 Å². The Hall–Kier alpha value is -3.08. The van der Waals surface area contributed by atoms with E-state index in [1.165, 1.54) is 11.3 Å². The zero-order valence-corrected chi connectivity index (χ0v) is 19.9. The summed E-state index contributed by atoms with van der Waals surface area (Å²) in [4.78, 5) is 13.8. The maximum atomic E-state index is 9.93. The highest BCUT2D eigenvalue weighted by atomic mass is 32.1. The van der Waals surface area contributed by atoms with Gasteiger partial charge in [-0.2, -0.15) is 5.10 Å². The van der Waals surface area contributed by atoms with E-state index in [0.29, 0.717) is 12.3 Å². The lowest BCUT2D eigenvalue weighted by Gasteiger charge is -2.24. The van der Waals surface area contributed by atoms with Crippen LogP contribution in [0.25, 0.3) is 17.1 Å². The molecule has 1 fully saturated rings. The number of pyridine rings is 1. The van der Waals surface area contributed by atoms with Crippen LogP contribution in [0.15, 0.2) is 30.0 Å². The number of rotatable bonds is 6. The Labute approximate surface area is 201 Å². The second kappa shape index (κ2) is 8.94. The smallest absolute Gasteiger partial charge is 0.188 e. The number of aliphatic hydroxyl groups is 1. The Bertz CT molecular complexity index is 1320. The maximum absolute atomic E-state index is 9.93. The maximum Gasteiger partial charge on any atom is 0.188 e. The largest absolute Gasteiger partial charge is 0.390 e. The van der Waals surface area contributed by atoms with Gasteiger partial charge < -0.3 is 19.7 Å². The van der Waals surface area contributed by atoms with Crippen LogP contribution in [0.1, 0.15) is 47.9 Å².